The number of methoxy groups -OCH3 is 1. The lowest BCUT2D eigenvalue weighted by Gasteiger charge is -2.16. The highest BCUT2D eigenvalue weighted by Crippen LogP contribution is 2.42. The summed E-state index contributed by atoms with van der Waals surface area (Å²) in [6.07, 6.45) is -1.81. The molecule has 10 heteroatoms. The first-order chi connectivity index (χ1) is 13.2. The van der Waals surface area contributed by atoms with Crippen molar-refractivity contribution >= 4 is 11.9 Å². The van der Waals surface area contributed by atoms with E-state index in [1.54, 1.807) is 6.07 Å². The standard InChI is InChI=1S/C18H15F3N2O5/c1-3-4-12-7-11(10-22-24)8-16(27-2)17(12)28-15-6-5-13(18(19,20)21)9-14(15)23(25)26/h3,5-10,24H,1,4H2,2H3/b22-10-. The maximum absolute atomic E-state index is 12.9. The molecule has 0 bridgehead atoms. The molecular weight excluding hydrogens is 381 g/mol. The molecular formula is C18H15F3N2O5. The molecule has 0 atom stereocenters. The van der Waals surface area contributed by atoms with Crippen molar-refractivity contribution in [3.8, 4) is 17.2 Å². The van der Waals surface area contributed by atoms with Crippen molar-refractivity contribution in [2.75, 3.05) is 7.11 Å². The normalized spacial score (nSPS) is 11.4. The molecule has 0 aliphatic rings. The summed E-state index contributed by atoms with van der Waals surface area (Å²) in [6.45, 7) is 3.61. The van der Waals surface area contributed by atoms with Gasteiger partial charge < -0.3 is 14.7 Å². The SMILES string of the molecule is C=CCc1cc(/C=N\O)cc(OC)c1Oc1ccc(C(F)(F)F)cc1[N+](=O)[O-]. The number of nitro benzene ring substituents is 1. The Hall–Kier alpha value is -3.56. The van der Waals surface area contributed by atoms with E-state index in [-0.39, 0.29) is 23.7 Å². The van der Waals surface area contributed by atoms with E-state index in [1.807, 2.05) is 0 Å². The maximum atomic E-state index is 12.9. The molecule has 1 N–H and O–H groups in total. The molecule has 0 unspecified atom stereocenters. The van der Waals surface area contributed by atoms with E-state index in [9.17, 15) is 23.3 Å². The van der Waals surface area contributed by atoms with Gasteiger partial charge in [0.1, 0.15) is 0 Å². The van der Waals surface area contributed by atoms with Gasteiger partial charge in [-0.1, -0.05) is 11.2 Å². The highest BCUT2D eigenvalue weighted by atomic mass is 19.4. The van der Waals surface area contributed by atoms with E-state index in [0.29, 0.717) is 23.3 Å². The van der Waals surface area contributed by atoms with Crippen molar-refractivity contribution in [3.05, 3.63) is 69.8 Å². The molecule has 0 saturated heterocycles. The Morgan fingerprint density at radius 2 is 2.00 bits per heavy atom. The molecule has 148 valence electrons. The first-order valence-corrected chi connectivity index (χ1v) is 7.74. The number of ether oxygens (including phenoxy) is 2. The summed E-state index contributed by atoms with van der Waals surface area (Å²) in [5.74, 6) is -0.172. The van der Waals surface area contributed by atoms with Gasteiger partial charge in [-0.25, -0.2) is 0 Å². The van der Waals surface area contributed by atoms with Gasteiger partial charge in [-0.2, -0.15) is 13.2 Å². The Bertz CT molecular complexity index is 926. The molecule has 0 radical (unpaired) electrons. The van der Waals surface area contributed by atoms with Crippen LogP contribution in [-0.2, 0) is 12.6 Å². The molecule has 2 aromatic rings. The number of nitro groups is 1. The number of halogens is 3. The third-order valence-electron chi connectivity index (χ3n) is 3.64. The van der Waals surface area contributed by atoms with Gasteiger partial charge in [0.25, 0.3) is 0 Å². The van der Waals surface area contributed by atoms with E-state index in [1.165, 1.54) is 19.3 Å². The molecule has 2 aromatic carbocycles. The summed E-state index contributed by atoms with van der Waals surface area (Å²) >= 11 is 0. The lowest BCUT2D eigenvalue weighted by atomic mass is 10.1. The van der Waals surface area contributed by atoms with Crippen LogP contribution in [0.25, 0.3) is 0 Å². The van der Waals surface area contributed by atoms with Crippen LogP contribution in [0.5, 0.6) is 17.2 Å². The predicted molar refractivity (Wildman–Crippen MR) is 94.4 cm³/mol. The van der Waals surface area contributed by atoms with Crippen LogP contribution in [-0.4, -0.2) is 23.5 Å². The van der Waals surface area contributed by atoms with E-state index in [0.717, 1.165) is 12.3 Å². The minimum absolute atomic E-state index is 0.0698. The zero-order valence-electron chi connectivity index (χ0n) is 14.6. The number of hydrogen-bond acceptors (Lipinski definition) is 6. The average Bonchev–Trinajstić information content (AvgIpc) is 2.63. The number of benzene rings is 2. The zero-order chi connectivity index (χ0) is 20.9. The van der Waals surface area contributed by atoms with Crippen LogP contribution in [0.3, 0.4) is 0 Å². The fraction of sp³-hybridized carbons (Fsp3) is 0.167. The monoisotopic (exact) mass is 396 g/mol. The van der Waals surface area contributed by atoms with Crippen molar-refractivity contribution in [1.82, 2.24) is 0 Å². The van der Waals surface area contributed by atoms with Gasteiger partial charge in [-0.3, -0.25) is 10.1 Å². The molecule has 0 heterocycles. The van der Waals surface area contributed by atoms with Crippen LogP contribution in [0.4, 0.5) is 18.9 Å². The number of hydrogen-bond donors (Lipinski definition) is 1. The van der Waals surface area contributed by atoms with Gasteiger partial charge in [0.15, 0.2) is 11.5 Å². The largest absolute Gasteiger partial charge is 0.493 e. The number of oxime groups is 1. The lowest BCUT2D eigenvalue weighted by Crippen LogP contribution is -2.06. The van der Waals surface area contributed by atoms with Gasteiger partial charge in [-0.15, -0.1) is 6.58 Å². The topological polar surface area (TPSA) is 94.2 Å². The predicted octanol–water partition coefficient (Wildman–Crippen LogP) is 4.95. The minimum Gasteiger partial charge on any atom is -0.493 e. The number of allylic oxidation sites excluding steroid dienone is 1. The molecule has 0 fully saturated rings. The molecule has 0 aromatic heterocycles. The Kier molecular flexibility index (Phi) is 6.24. The second-order valence-electron chi connectivity index (χ2n) is 5.49. The quantitative estimate of drug-likeness (QED) is 0.235. The summed E-state index contributed by atoms with van der Waals surface area (Å²) in [6, 6.07) is 4.98. The zero-order valence-corrected chi connectivity index (χ0v) is 14.6. The lowest BCUT2D eigenvalue weighted by molar-refractivity contribution is -0.385. The fourth-order valence-electron chi connectivity index (χ4n) is 2.43. The Morgan fingerprint density at radius 3 is 2.54 bits per heavy atom. The summed E-state index contributed by atoms with van der Waals surface area (Å²) in [4.78, 5) is 10.3. The van der Waals surface area contributed by atoms with Crippen molar-refractivity contribution in [2.24, 2.45) is 5.16 Å². The molecule has 2 rings (SSSR count). The number of nitrogens with zero attached hydrogens (tertiary/aromatic N) is 2. The van der Waals surface area contributed by atoms with Crippen LogP contribution in [0.1, 0.15) is 16.7 Å². The second kappa shape index (κ2) is 8.42. The third kappa shape index (κ3) is 4.58. The fourth-order valence-corrected chi connectivity index (χ4v) is 2.43. The Labute approximate surface area is 157 Å². The summed E-state index contributed by atoms with van der Waals surface area (Å²) in [5.41, 5.74) is -1.09. The Morgan fingerprint density at radius 1 is 1.29 bits per heavy atom. The van der Waals surface area contributed by atoms with Gasteiger partial charge in [0.05, 0.1) is 23.8 Å². The minimum atomic E-state index is -4.74. The van der Waals surface area contributed by atoms with Crippen LogP contribution in [0, 0.1) is 10.1 Å². The van der Waals surface area contributed by atoms with Crippen molar-refractivity contribution in [3.63, 3.8) is 0 Å². The van der Waals surface area contributed by atoms with Gasteiger partial charge in [0.2, 0.25) is 5.75 Å². The van der Waals surface area contributed by atoms with E-state index < -0.39 is 22.4 Å². The second-order valence-corrected chi connectivity index (χ2v) is 5.49. The molecule has 0 spiro atoms. The van der Waals surface area contributed by atoms with Crippen molar-refractivity contribution in [2.45, 2.75) is 12.6 Å². The molecule has 0 aliphatic heterocycles. The molecule has 28 heavy (non-hydrogen) atoms. The highest BCUT2D eigenvalue weighted by molar-refractivity contribution is 5.81. The highest BCUT2D eigenvalue weighted by Gasteiger charge is 2.33. The molecule has 0 saturated carbocycles. The number of rotatable bonds is 7. The van der Waals surface area contributed by atoms with Gasteiger partial charge in [-0.05, 0) is 30.7 Å². The summed E-state index contributed by atoms with van der Waals surface area (Å²) in [5, 5.41) is 22.9. The molecule has 0 aliphatic carbocycles. The van der Waals surface area contributed by atoms with Crippen LogP contribution in [0.2, 0.25) is 0 Å². The molecule has 7 nitrogen and oxygen atoms in total. The van der Waals surface area contributed by atoms with E-state index >= 15 is 0 Å². The van der Waals surface area contributed by atoms with Crippen LogP contribution < -0.4 is 9.47 Å². The third-order valence-corrected chi connectivity index (χ3v) is 3.64. The summed E-state index contributed by atoms with van der Waals surface area (Å²) < 4.78 is 49.4. The van der Waals surface area contributed by atoms with Crippen LogP contribution >= 0.6 is 0 Å². The average molecular weight is 396 g/mol. The smallest absolute Gasteiger partial charge is 0.416 e. The van der Waals surface area contributed by atoms with Crippen molar-refractivity contribution in [1.29, 1.82) is 0 Å². The van der Waals surface area contributed by atoms with Gasteiger partial charge in [0, 0.05) is 17.2 Å². The first kappa shape index (κ1) is 20.7. The van der Waals surface area contributed by atoms with Gasteiger partial charge >= 0.3 is 11.9 Å². The maximum Gasteiger partial charge on any atom is 0.416 e. The Balaban J connectivity index is 2.61. The number of alkyl halides is 3. The van der Waals surface area contributed by atoms with E-state index in [4.69, 9.17) is 14.7 Å². The van der Waals surface area contributed by atoms with Crippen molar-refractivity contribution < 1.29 is 32.8 Å². The van der Waals surface area contributed by atoms with E-state index in [2.05, 4.69) is 11.7 Å². The molecule has 0 amide bonds. The van der Waals surface area contributed by atoms with Crippen LogP contribution in [0.15, 0.2) is 48.1 Å². The summed E-state index contributed by atoms with van der Waals surface area (Å²) in [7, 11) is 1.32. The first-order valence-electron chi connectivity index (χ1n) is 7.74.